The van der Waals surface area contributed by atoms with Crippen LogP contribution in [-0.2, 0) is 0 Å². The molecule has 0 aliphatic carbocycles. The molecule has 0 atom stereocenters. The van der Waals surface area contributed by atoms with Gasteiger partial charge >= 0.3 is 0 Å². The predicted molar refractivity (Wildman–Crippen MR) is 73.6 cm³/mol. The average molecular weight is 319 g/mol. The summed E-state index contributed by atoms with van der Waals surface area (Å²) in [5, 5.41) is 0.687. The van der Waals surface area contributed by atoms with Crippen LogP contribution in [0.1, 0.15) is 15.9 Å². The molecule has 0 aliphatic rings. The van der Waals surface area contributed by atoms with Crippen LogP contribution in [0.3, 0.4) is 0 Å². The van der Waals surface area contributed by atoms with Crippen molar-refractivity contribution in [3.63, 3.8) is 0 Å². The molecule has 2 heterocycles. The number of carbonyl (C=O) groups excluding carboxylic acids is 1. The van der Waals surface area contributed by atoms with Gasteiger partial charge in [-0.25, -0.2) is 4.39 Å². The zero-order valence-electron chi connectivity index (χ0n) is 9.65. The summed E-state index contributed by atoms with van der Waals surface area (Å²) in [6.45, 7) is 0. The van der Waals surface area contributed by atoms with E-state index in [1.165, 1.54) is 12.1 Å². The Hall–Kier alpha value is -2.01. The molecule has 0 bridgehead atoms. The highest BCUT2D eigenvalue weighted by atomic mass is 79.9. The largest absolute Gasteiger partial charge is 0.360 e. The van der Waals surface area contributed by atoms with Crippen molar-refractivity contribution in [1.29, 1.82) is 0 Å². The summed E-state index contributed by atoms with van der Waals surface area (Å²) in [5.74, 6) is -0.899. The molecule has 1 N–H and O–H groups in total. The number of rotatable bonds is 2. The molecule has 0 amide bonds. The number of aromatic nitrogens is 2. The molecular formula is C14H8BrFN2O. The van der Waals surface area contributed by atoms with Gasteiger partial charge in [-0.15, -0.1) is 0 Å². The molecule has 3 rings (SSSR count). The number of fused-ring (bicyclic) bond motifs is 1. The van der Waals surface area contributed by atoms with Crippen LogP contribution in [0.15, 0.2) is 47.3 Å². The predicted octanol–water partition coefficient (Wildman–Crippen LogP) is 3.70. The maximum absolute atomic E-state index is 13.7. The summed E-state index contributed by atoms with van der Waals surface area (Å²) >= 11 is 3.24. The van der Waals surface area contributed by atoms with Gasteiger partial charge in [-0.3, -0.25) is 9.78 Å². The van der Waals surface area contributed by atoms with Crippen LogP contribution in [0.2, 0.25) is 0 Å². The lowest BCUT2D eigenvalue weighted by Crippen LogP contribution is -2.03. The van der Waals surface area contributed by atoms with Gasteiger partial charge in [0.2, 0.25) is 0 Å². The molecule has 2 aromatic heterocycles. The molecule has 0 fully saturated rings. The Morgan fingerprint density at radius 3 is 2.95 bits per heavy atom. The van der Waals surface area contributed by atoms with Crippen LogP contribution in [0.25, 0.3) is 10.9 Å². The van der Waals surface area contributed by atoms with Crippen molar-refractivity contribution in [2.24, 2.45) is 0 Å². The van der Waals surface area contributed by atoms with Crippen molar-refractivity contribution in [2.75, 3.05) is 0 Å². The van der Waals surface area contributed by atoms with Gasteiger partial charge in [0.1, 0.15) is 5.82 Å². The van der Waals surface area contributed by atoms with Gasteiger partial charge < -0.3 is 4.98 Å². The summed E-state index contributed by atoms with van der Waals surface area (Å²) in [5.41, 5.74) is 1.26. The molecule has 0 radical (unpaired) electrons. The van der Waals surface area contributed by atoms with Crippen molar-refractivity contribution in [3.8, 4) is 0 Å². The minimum atomic E-state index is -0.536. The number of nitrogens with one attached hydrogen (secondary N) is 1. The Morgan fingerprint density at radius 2 is 2.11 bits per heavy atom. The lowest BCUT2D eigenvalue weighted by atomic mass is 10.0. The number of benzene rings is 1. The number of nitrogens with zero attached hydrogens (tertiary/aromatic N) is 1. The molecule has 19 heavy (non-hydrogen) atoms. The minimum Gasteiger partial charge on any atom is -0.360 e. The topological polar surface area (TPSA) is 45.8 Å². The van der Waals surface area contributed by atoms with E-state index < -0.39 is 5.82 Å². The quantitative estimate of drug-likeness (QED) is 0.732. The Bertz CT molecular complexity index is 782. The van der Waals surface area contributed by atoms with E-state index in [1.807, 2.05) is 0 Å². The molecule has 0 aliphatic heterocycles. The van der Waals surface area contributed by atoms with E-state index in [2.05, 4.69) is 25.9 Å². The van der Waals surface area contributed by atoms with Gasteiger partial charge in [0.05, 0.1) is 5.56 Å². The van der Waals surface area contributed by atoms with Crippen LogP contribution in [0.5, 0.6) is 0 Å². The molecule has 3 aromatic rings. The zero-order valence-corrected chi connectivity index (χ0v) is 11.2. The molecule has 0 saturated carbocycles. The van der Waals surface area contributed by atoms with E-state index in [9.17, 15) is 9.18 Å². The van der Waals surface area contributed by atoms with Crippen molar-refractivity contribution in [3.05, 3.63) is 64.3 Å². The van der Waals surface area contributed by atoms with Crippen molar-refractivity contribution in [1.82, 2.24) is 9.97 Å². The fourth-order valence-corrected chi connectivity index (χ4v) is 2.33. The monoisotopic (exact) mass is 318 g/mol. The number of pyridine rings is 1. The van der Waals surface area contributed by atoms with Gasteiger partial charge in [0.25, 0.3) is 0 Å². The normalized spacial score (nSPS) is 10.8. The summed E-state index contributed by atoms with van der Waals surface area (Å²) in [6.07, 6.45) is 4.80. The van der Waals surface area contributed by atoms with E-state index in [0.29, 0.717) is 15.4 Å². The molecule has 0 saturated heterocycles. The maximum atomic E-state index is 13.7. The lowest BCUT2D eigenvalue weighted by Gasteiger charge is -2.02. The molecule has 0 unspecified atom stereocenters. The highest BCUT2D eigenvalue weighted by molar-refractivity contribution is 9.10. The lowest BCUT2D eigenvalue weighted by molar-refractivity contribution is 0.103. The molecule has 94 valence electrons. The van der Waals surface area contributed by atoms with Gasteiger partial charge in [-0.2, -0.15) is 0 Å². The van der Waals surface area contributed by atoms with Crippen LogP contribution in [0, 0.1) is 5.82 Å². The highest BCUT2D eigenvalue weighted by Gasteiger charge is 2.18. The minimum absolute atomic E-state index is 0.0409. The number of aromatic amines is 1. The third-order valence-corrected chi connectivity index (χ3v) is 3.39. The van der Waals surface area contributed by atoms with Crippen LogP contribution in [-0.4, -0.2) is 15.8 Å². The second-order valence-corrected chi connectivity index (χ2v) is 4.99. The smallest absolute Gasteiger partial charge is 0.198 e. The summed E-state index contributed by atoms with van der Waals surface area (Å²) < 4.78 is 14.4. The van der Waals surface area contributed by atoms with E-state index in [4.69, 9.17) is 0 Å². The Morgan fingerprint density at radius 1 is 1.26 bits per heavy atom. The summed E-state index contributed by atoms with van der Waals surface area (Å²) in [4.78, 5) is 19.4. The van der Waals surface area contributed by atoms with Crippen molar-refractivity contribution in [2.45, 2.75) is 0 Å². The first-order valence-corrected chi connectivity index (χ1v) is 6.37. The second kappa shape index (κ2) is 4.59. The molecule has 5 heteroatoms. The number of ketones is 1. The third-order valence-electron chi connectivity index (χ3n) is 2.90. The Labute approximate surface area is 116 Å². The van der Waals surface area contributed by atoms with Gasteiger partial charge in [-0.05, 0) is 24.3 Å². The van der Waals surface area contributed by atoms with E-state index in [0.717, 1.165) is 5.52 Å². The SMILES string of the molecule is O=C(c1cc(Br)ccc1F)c1c[nH]c2ccncc12. The number of hydrogen-bond donors (Lipinski definition) is 1. The number of halogens is 2. The summed E-state index contributed by atoms with van der Waals surface area (Å²) in [7, 11) is 0. The first-order valence-electron chi connectivity index (χ1n) is 5.57. The second-order valence-electron chi connectivity index (χ2n) is 4.08. The summed E-state index contributed by atoms with van der Waals surface area (Å²) in [6, 6.07) is 6.07. The number of hydrogen-bond acceptors (Lipinski definition) is 2. The van der Waals surface area contributed by atoms with Crippen molar-refractivity contribution >= 4 is 32.6 Å². The van der Waals surface area contributed by atoms with Crippen LogP contribution < -0.4 is 0 Å². The molecule has 0 spiro atoms. The van der Waals surface area contributed by atoms with Crippen LogP contribution in [0.4, 0.5) is 4.39 Å². The third kappa shape index (κ3) is 2.06. The van der Waals surface area contributed by atoms with Gasteiger partial charge in [0, 0.05) is 39.5 Å². The first-order chi connectivity index (χ1) is 9.16. The standard InChI is InChI=1S/C14H8BrFN2O/c15-8-1-2-12(16)9(5-8)14(19)11-7-18-13-3-4-17-6-10(11)13/h1-7,18H. The first kappa shape index (κ1) is 12.0. The van der Waals surface area contributed by atoms with E-state index in [-0.39, 0.29) is 11.3 Å². The molecule has 1 aromatic carbocycles. The fraction of sp³-hybridized carbons (Fsp3) is 0. The molecule has 3 nitrogen and oxygen atoms in total. The van der Waals surface area contributed by atoms with Crippen molar-refractivity contribution < 1.29 is 9.18 Å². The van der Waals surface area contributed by atoms with Gasteiger partial charge in [-0.1, -0.05) is 15.9 Å². The fourth-order valence-electron chi connectivity index (χ4n) is 1.97. The van der Waals surface area contributed by atoms with Crippen LogP contribution >= 0.6 is 15.9 Å². The van der Waals surface area contributed by atoms with Gasteiger partial charge in [0.15, 0.2) is 5.78 Å². The number of H-pyrrole nitrogens is 1. The average Bonchev–Trinajstić information content (AvgIpc) is 2.84. The molecular weight excluding hydrogens is 311 g/mol. The van der Waals surface area contributed by atoms with E-state index >= 15 is 0 Å². The maximum Gasteiger partial charge on any atom is 0.198 e. The highest BCUT2D eigenvalue weighted by Crippen LogP contribution is 2.23. The number of carbonyl (C=O) groups is 1. The zero-order chi connectivity index (χ0) is 13.4. The Kier molecular flexibility index (Phi) is 2.91. The Balaban J connectivity index is 2.16. The van der Waals surface area contributed by atoms with E-state index in [1.54, 1.807) is 30.7 Å².